The molecule has 19 heavy (non-hydrogen) atoms. The van der Waals surface area contributed by atoms with Crippen molar-refractivity contribution in [2.45, 2.75) is 25.9 Å². The Bertz CT molecular complexity index is 368. The third kappa shape index (κ3) is 5.59. The summed E-state index contributed by atoms with van der Waals surface area (Å²) in [5.41, 5.74) is 1.15. The van der Waals surface area contributed by atoms with Gasteiger partial charge in [-0.05, 0) is 24.6 Å². The second-order valence-corrected chi connectivity index (χ2v) is 5.14. The van der Waals surface area contributed by atoms with Gasteiger partial charge in [-0.3, -0.25) is 0 Å². The monoisotopic (exact) mass is 267 g/mol. The predicted octanol–water partition coefficient (Wildman–Crippen LogP) is 1.47. The Morgan fingerprint density at radius 2 is 1.95 bits per heavy atom. The minimum absolute atomic E-state index is 0.0975. The third-order valence-electron chi connectivity index (χ3n) is 2.98. The van der Waals surface area contributed by atoms with Crippen molar-refractivity contribution in [3.63, 3.8) is 0 Å². The van der Waals surface area contributed by atoms with Crippen LogP contribution in [0.3, 0.4) is 0 Å². The third-order valence-corrected chi connectivity index (χ3v) is 2.98. The zero-order valence-corrected chi connectivity index (χ0v) is 12.0. The highest BCUT2D eigenvalue weighted by atomic mass is 16.5. The molecule has 0 aliphatic heterocycles. The fourth-order valence-electron chi connectivity index (χ4n) is 1.95. The fourth-order valence-corrected chi connectivity index (χ4v) is 1.95. The van der Waals surface area contributed by atoms with Gasteiger partial charge in [0.1, 0.15) is 18.5 Å². The van der Waals surface area contributed by atoms with Crippen LogP contribution in [0.4, 0.5) is 0 Å². The van der Waals surface area contributed by atoms with Crippen LogP contribution < -0.4 is 4.74 Å². The molecule has 0 aliphatic rings. The first-order valence-corrected chi connectivity index (χ1v) is 6.73. The highest BCUT2D eigenvalue weighted by molar-refractivity contribution is 5.35. The van der Waals surface area contributed by atoms with Crippen LogP contribution in [0.15, 0.2) is 24.3 Å². The van der Waals surface area contributed by atoms with Crippen LogP contribution in [-0.4, -0.2) is 54.6 Å². The summed E-state index contributed by atoms with van der Waals surface area (Å²) >= 11 is 0. The molecule has 0 heterocycles. The molecule has 108 valence electrons. The molecule has 0 amide bonds. The summed E-state index contributed by atoms with van der Waals surface area (Å²) in [7, 11) is 1.86. The zero-order chi connectivity index (χ0) is 14.3. The average Bonchev–Trinajstić information content (AvgIpc) is 2.36. The highest BCUT2D eigenvalue weighted by Crippen LogP contribution is 2.25. The van der Waals surface area contributed by atoms with Gasteiger partial charge < -0.3 is 19.8 Å². The van der Waals surface area contributed by atoms with Crippen molar-refractivity contribution in [2.75, 3.05) is 33.4 Å². The molecule has 0 saturated heterocycles. The van der Waals surface area contributed by atoms with Crippen LogP contribution in [0.25, 0.3) is 0 Å². The van der Waals surface area contributed by atoms with Crippen LogP contribution >= 0.6 is 0 Å². The van der Waals surface area contributed by atoms with Crippen molar-refractivity contribution < 1.29 is 14.9 Å². The molecule has 1 rings (SSSR count). The molecule has 0 aromatic heterocycles. The highest BCUT2D eigenvalue weighted by Gasteiger charge is 2.11. The number of likely N-dealkylation sites (N-methyl/N-ethyl adjacent to an activating group) is 1. The maximum atomic E-state index is 9.89. The molecule has 0 saturated carbocycles. The fraction of sp³-hybridized carbons (Fsp3) is 0.600. The number of ether oxygens (including phenoxy) is 1. The quantitative estimate of drug-likeness (QED) is 0.749. The Labute approximate surface area is 115 Å². The number of hydrogen-bond donors (Lipinski definition) is 2. The predicted molar refractivity (Wildman–Crippen MR) is 76.6 cm³/mol. The van der Waals surface area contributed by atoms with Crippen molar-refractivity contribution in [3.8, 4) is 5.75 Å². The Morgan fingerprint density at radius 3 is 2.58 bits per heavy atom. The van der Waals surface area contributed by atoms with Gasteiger partial charge in [-0.15, -0.1) is 0 Å². The van der Waals surface area contributed by atoms with Gasteiger partial charge in [0.2, 0.25) is 0 Å². The average molecular weight is 267 g/mol. The van der Waals surface area contributed by atoms with Crippen LogP contribution in [-0.2, 0) is 0 Å². The first-order chi connectivity index (χ1) is 9.04. The molecule has 4 heteroatoms. The van der Waals surface area contributed by atoms with E-state index in [0.29, 0.717) is 19.0 Å². The van der Waals surface area contributed by atoms with Gasteiger partial charge in [0, 0.05) is 13.1 Å². The second kappa shape index (κ2) is 8.15. The Morgan fingerprint density at radius 1 is 1.26 bits per heavy atom. The van der Waals surface area contributed by atoms with E-state index < -0.39 is 6.10 Å². The summed E-state index contributed by atoms with van der Waals surface area (Å²) in [6.45, 7) is 5.64. The Hall–Kier alpha value is -1.10. The maximum Gasteiger partial charge on any atom is 0.122 e. The smallest absolute Gasteiger partial charge is 0.122 e. The molecule has 1 aromatic rings. The molecule has 1 aromatic carbocycles. The van der Waals surface area contributed by atoms with E-state index in [-0.39, 0.29) is 13.2 Å². The zero-order valence-electron chi connectivity index (χ0n) is 12.0. The Balaban J connectivity index is 2.48. The molecule has 0 fully saturated rings. The van der Waals surface area contributed by atoms with Crippen LogP contribution in [0.2, 0.25) is 0 Å². The number of aliphatic hydroxyl groups excluding tert-OH is 2. The minimum atomic E-state index is -0.559. The number of rotatable bonds is 8. The summed E-state index contributed by atoms with van der Waals surface area (Å²) in [5.74, 6) is 1.23. The minimum Gasteiger partial charge on any atom is -0.491 e. The van der Waals surface area contributed by atoms with Gasteiger partial charge in [0.05, 0.1) is 6.61 Å². The summed E-state index contributed by atoms with van der Waals surface area (Å²) < 4.78 is 5.70. The van der Waals surface area contributed by atoms with Crippen molar-refractivity contribution in [1.82, 2.24) is 4.90 Å². The van der Waals surface area contributed by atoms with E-state index in [2.05, 4.69) is 13.8 Å². The number of nitrogens with zero attached hydrogens (tertiary/aromatic N) is 1. The second-order valence-electron chi connectivity index (χ2n) is 5.14. The molecule has 0 aliphatic carbocycles. The lowest BCUT2D eigenvalue weighted by molar-refractivity contribution is 0.0706. The molecule has 1 atom stereocenters. The van der Waals surface area contributed by atoms with E-state index in [4.69, 9.17) is 9.84 Å². The molecule has 4 nitrogen and oxygen atoms in total. The summed E-state index contributed by atoms with van der Waals surface area (Å²) in [4.78, 5) is 1.88. The van der Waals surface area contributed by atoms with Gasteiger partial charge in [-0.2, -0.15) is 0 Å². The Kier molecular flexibility index (Phi) is 6.84. The standard InChI is InChI=1S/C15H25NO3/c1-12(2)14-6-4-5-7-15(14)19-11-13(18)10-16(3)8-9-17/h4-7,12-13,17-18H,8-11H2,1-3H3/t13-/m1/s1. The van der Waals surface area contributed by atoms with Crippen LogP contribution in [0.1, 0.15) is 25.3 Å². The number of benzene rings is 1. The van der Waals surface area contributed by atoms with Crippen molar-refractivity contribution >= 4 is 0 Å². The van der Waals surface area contributed by atoms with Gasteiger partial charge >= 0.3 is 0 Å². The normalized spacial score (nSPS) is 13.0. The van der Waals surface area contributed by atoms with Crippen molar-refractivity contribution in [2.24, 2.45) is 0 Å². The topological polar surface area (TPSA) is 52.9 Å². The van der Waals surface area contributed by atoms with E-state index in [1.54, 1.807) is 0 Å². The number of hydrogen-bond acceptors (Lipinski definition) is 4. The van der Waals surface area contributed by atoms with E-state index >= 15 is 0 Å². The van der Waals surface area contributed by atoms with Gasteiger partial charge in [-0.1, -0.05) is 32.0 Å². The van der Waals surface area contributed by atoms with Gasteiger partial charge in [0.15, 0.2) is 0 Å². The van der Waals surface area contributed by atoms with E-state index in [1.807, 2.05) is 36.2 Å². The first kappa shape index (κ1) is 16.0. The molecule has 0 unspecified atom stereocenters. The largest absolute Gasteiger partial charge is 0.491 e. The lowest BCUT2D eigenvalue weighted by atomic mass is 10.0. The molecule has 2 N–H and O–H groups in total. The summed E-state index contributed by atoms with van der Waals surface area (Å²) in [6, 6.07) is 7.91. The van der Waals surface area contributed by atoms with Crippen LogP contribution in [0, 0.1) is 0 Å². The van der Waals surface area contributed by atoms with Gasteiger partial charge in [-0.25, -0.2) is 0 Å². The van der Waals surface area contributed by atoms with Crippen molar-refractivity contribution in [3.05, 3.63) is 29.8 Å². The van der Waals surface area contributed by atoms with E-state index in [1.165, 1.54) is 0 Å². The van der Waals surface area contributed by atoms with E-state index in [9.17, 15) is 5.11 Å². The lowest BCUT2D eigenvalue weighted by Gasteiger charge is -2.21. The maximum absolute atomic E-state index is 9.89. The number of para-hydroxylation sites is 1. The van der Waals surface area contributed by atoms with Crippen LogP contribution in [0.5, 0.6) is 5.75 Å². The van der Waals surface area contributed by atoms with E-state index in [0.717, 1.165) is 11.3 Å². The molecule has 0 radical (unpaired) electrons. The first-order valence-electron chi connectivity index (χ1n) is 6.73. The molecular weight excluding hydrogens is 242 g/mol. The molecule has 0 spiro atoms. The summed E-state index contributed by atoms with van der Waals surface area (Å²) in [5, 5.41) is 18.7. The molecule has 0 bridgehead atoms. The van der Waals surface area contributed by atoms with Gasteiger partial charge in [0.25, 0.3) is 0 Å². The summed E-state index contributed by atoms with van der Waals surface area (Å²) in [6.07, 6.45) is -0.559. The van der Waals surface area contributed by atoms with Crippen molar-refractivity contribution in [1.29, 1.82) is 0 Å². The number of aliphatic hydroxyl groups is 2. The SMILES string of the molecule is CC(C)c1ccccc1OC[C@H](O)CN(C)CCO. The molecular formula is C15H25NO3. The lowest BCUT2D eigenvalue weighted by Crippen LogP contribution is -2.34.